The highest BCUT2D eigenvalue weighted by Gasteiger charge is 2.19. The number of hydrazone groups is 1. The molecule has 0 bridgehead atoms. The van der Waals surface area contributed by atoms with E-state index in [9.17, 15) is 4.79 Å². The predicted molar refractivity (Wildman–Crippen MR) is 90.7 cm³/mol. The van der Waals surface area contributed by atoms with E-state index in [0.29, 0.717) is 0 Å². The van der Waals surface area contributed by atoms with Crippen LogP contribution in [0.15, 0.2) is 64.2 Å². The number of nitrogens with zero attached hydrogens (tertiary/aromatic N) is 1. The Morgan fingerprint density at radius 2 is 1.91 bits per heavy atom. The molecule has 22 heavy (non-hydrogen) atoms. The van der Waals surface area contributed by atoms with Gasteiger partial charge >= 0.3 is 0 Å². The van der Waals surface area contributed by atoms with Crippen LogP contribution in [0.1, 0.15) is 24.2 Å². The molecule has 0 unspecified atom stereocenters. The van der Waals surface area contributed by atoms with E-state index in [2.05, 4.69) is 26.5 Å². The van der Waals surface area contributed by atoms with Gasteiger partial charge in [0, 0.05) is 11.6 Å². The molecule has 5 heteroatoms. The molecule has 4 nitrogen and oxygen atoms in total. The predicted octanol–water partition coefficient (Wildman–Crippen LogP) is 3.68. The fourth-order valence-electron chi connectivity index (χ4n) is 2.00. The van der Waals surface area contributed by atoms with E-state index < -0.39 is 6.10 Å². The molecule has 0 saturated carbocycles. The lowest BCUT2D eigenvalue weighted by Crippen LogP contribution is -2.27. The molecule has 2 aromatic carbocycles. The number of carbonyl (C=O) groups excluding carboxylic acids is 1. The van der Waals surface area contributed by atoms with Gasteiger partial charge in [-0.25, -0.2) is 5.43 Å². The summed E-state index contributed by atoms with van der Waals surface area (Å²) in [5.41, 5.74) is 5.00. The fourth-order valence-corrected chi connectivity index (χ4v) is 2.40. The van der Waals surface area contributed by atoms with Crippen molar-refractivity contribution in [1.29, 1.82) is 0 Å². The minimum atomic E-state index is -0.680. The molecule has 114 valence electrons. The van der Waals surface area contributed by atoms with Crippen molar-refractivity contribution in [3.63, 3.8) is 0 Å². The summed E-state index contributed by atoms with van der Waals surface area (Å²) in [6, 6.07) is 17.0. The molecule has 0 saturated heterocycles. The first-order valence-electron chi connectivity index (χ1n) is 6.79. The van der Waals surface area contributed by atoms with Gasteiger partial charge in [0.2, 0.25) is 0 Å². The Balaban J connectivity index is 2.09. The first kappa shape index (κ1) is 16.4. The number of hydrogen-bond donors (Lipinski definition) is 1. The zero-order chi connectivity index (χ0) is 15.9. The van der Waals surface area contributed by atoms with E-state index in [1.165, 1.54) is 7.11 Å². The van der Waals surface area contributed by atoms with Crippen LogP contribution in [0.4, 0.5) is 0 Å². The Labute approximate surface area is 138 Å². The highest BCUT2D eigenvalue weighted by molar-refractivity contribution is 9.10. The van der Waals surface area contributed by atoms with Crippen molar-refractivity contribution in [2.75, 3.05) is 7.11 Å². The smallest absolute Gasteiger partial charge is 0.273 e. The van der Waals surface area contributed by atoms with Gasteiger partial charge in [-0.3, -0.25) is 4.79 Å². The number of benzene rings is 2. The molecule has 1 amide bonds. The maximum atomic E-state index is 12.2. The van der Waals surface area contributed by atoms with Crippen LogP contribution in [0.3, 0.4) is 0 Å². The van der Waals surface area contributed by atoms with Gasteiger partial charge in [-0.15, -0.1) is 0 Å². The summed E-state index contributed by atoms with van der Waals surface area (Å²) in [7, 11) is 1.50. The maximum absolute atomic E-state index is 12.2. The van der Waals surface area contributed by atoms with Crippen LogP contribution in [0.2, 0.25) is 0 Å². The Morgan fingerprint density at radius 1 is 1.18 bits per heavy atom. The zero-order valence-electron chi connectivity index (χ0n) is 12.4. The van der Waals surface area contributed by atoms with Crippen molar-refractivity contribution in [3.05, 3.63) is 70.2 Å². The summed E-state index contributed by atoms with van der Waals surface area (Å²) in [6.45, 7) is 1.84. The molecule has 2 aromatic rings. The Morgan fingerprint density at radius 3 is 2.55 bits per heavy atom. The Hall–Kier alpha value is -1.98. The van der Waals surface area contributed by atoms with Gasteiger partial charge in [-0.1, -0.05) is 58.4 Å². The van der Waals surface area contributed by atoms with Crippen LogP contribution in [0, 0.1) is 0 Å². The van der Waals surface area contributed by atoms with Crippen LogP contribution in [-0.2, 0) is 9.53 Å². The standard InChI is InChI=1S/C17H17BrN2O2/c1-12(14-9-6-10-15(18)11-14)19-20-17(21)16(22-2)13-7-4-3-5-8-13/h3-11,16H,1-2H3,(H,20,21)/b19-12-/t16-/m1/s1. The first-order valence-corrected chi connectivity index (χ1v) is 7.59. The maximum Gasteiger partial charge on any atom is 0.273 e. The molecule has 1 N–H and O–H groups in total. The fraction of sp³-hybridized carbons (Fsp3) is 0.176. The van der Waals surface area contributed by atoms with Crippen LogP contribution in [0.5, 0.6) is 0 Å². The van der Waals surface area contributed by atoms with Crippen molar-refractivity contribution in [3.8, 4) is 0 Å². The number of halogens is 1. The summed E-state index contributed by atoms with van der Waals surface area (Å²) in [6.07, 6.45) is -0.680. The van der Waals surface area contributed by atoms with E-state index in [1.807, 2.05) is 61.5 Å². The second-order valence-electron chi connectivity index (χ2n) is 4.71. The first-order chi connectivity index (χ1) is 10.6. The number of rotatable bonds is 5. The van der Waals surface area contributed by atoms with E-state index in [-0.39, 0.29) is 5.91 Å². The molecule has 2 rings (SSSR count). The number of hydrogen-bond acceptors (Lipinski definition) is 3. The van der Waals surface area contributed by atoms with Crippen molar-refractivity contribution in [2.45, 2.75) is 13.0 Å². The molecule has 0 fully saturated rings. The van der Waals surface area contributed by atoms with Crippen molar-refractivity contribution in [2.24, 2.45) is 5.10 Å². The molecule has 0 heterocycles. The second-order valence-corrected chi connectivity index (χ2v) is 5.63. The molecule has 0 aromatic heterocycles. The third kappa shape index (κ3) is 4.26. The van der Waals surface area contributed by atoms with E-state index in [1.54, 1.807) is 0 Å². The molecule has 0 aliphatic carbocycles. The topological polar surface area (TPSA) is 50.7 Å². The van der Waals surface area contributed by atoms with Gasteiger partial charge in [0.05, 0.1) is 5.71 Å². The van der Waals surface area contributed by atoms with Gasteiger partial charge in [-0.2, -0.15) is 5.10 Å². The van der Waals surface area contributed by atoms with Crippen LogP contribution in [-0.4, -0.2) is 18.7 Å². The Bertz CT molecular complexity index is 671. The number of ether oxygens (including phenoxy) is 1. The van der Waals surface area contributed by atoms with Gasteiger partial charge in [0.15, 0.2) is 6.10 Å². The molecule has 0 aliphatic rings. The summed E-state index contributed by atoms with van der Waals surface area (Å²) >= 11 is 3.41. The van der Waals surface area contributed by atoms with E-state index >= 15 is 0 Å². The second kappa shape index (κ2) is 7.87. The quantitative estimate of drug-likeness (QED) is 0.653. The average molecular weight is 361 g/mol. The highest BCUT2D eigenvalue weighted by atomic mass is 79.9. The third-order valence-corrected chi connectivity index (χ3v) is 3.65. The molecule has 0 radical (unpaired) electrons. The van der Waals surface area contributed by atoms with Crippen molar-refractivity contribution < 1.29 is 9.53 Å². The molecular weight excluding hydrogens is 344 g/mol. The number of amides is 1. The summed E-state index contributed by atoms with van der Waals surface area (Å²) in [5.74, 6) is -0.303. The summed E-state index contributed by atoms with van der Waals surface area (Å²) in [4.78, 5) is 12.2. The zero-order valence-corrected chi connectivity index (χ0v) is 14.0. The minimum Gasteiger partial charge on any atom is -0.367 e. The molecule has 1 atom stereocenters. The molecule has 0 spiro atoms. The number of methoxy groups -OCH3 is 1. The van der Waals surface area contributed by atoms with E-state index in [0.717, 1.165) is 21.3 Å². The normalized spacial score (nSPS) is 12.8. The van der Waals surface area contributed by atoms with Gasteiger partial charge in [0.1, 0.15) is 0 Å². The van der Waals surface area contributed by atoms with Crippen molar-refractivity contribution in [1.82, 2.24) is 5.43 Å². The summed E-state index contributed by atoms with van der Waals surface area (Å²) < 4.78 is 6.23. The Kier molecular flexibility index (Phi) is 5.86. The molecular formula is C17H17BrN2O2. The van der Waals surface area contributed by atoms with Crippen LogP contribution < -0.4 is 5.43 Å². The van der Waals surface area contributed by atoms with E-state index in [4.69, 9.17) is 4.74 Å². The van der Waals surface area contributed by atoms with Gasteiger partial charge in [0.25, 0.3) is 5.91 Å². The van der Waals surface area contributed by atoms with Crippen molar-refractivity contribution >= 4 is 27.5 Å². The van der Waals surface area contributed by atoms with Gasteiger partial charge in [-0.05, 0) is 30.2 Å². The number of carbonyl (C=O) groups is 1. The average Bonchev–Trinajstić information content (AvgIpc) is 2.54. The SMILES string of the molecule is CO[C@@H](C(=O)N/N=C(/C)c1cccc(Br)c1)c1ccccc1. The largest absolute Gasteiger partial charge is 0.367 e. The highest BCUT2D eigenvalue weighted by Crippen LogP contribution is 2.16. The molecule has 0 aliphatic heterocycles. The lowest BCUT2D eigenvalue weighted by Gasteiger charge is -2.14. The van der Waals surface area contributed by atoms with Crippen LogP contribution in [0.25, 0.3) is 0 Å². The van der Waals surface area contributed by atoms with Crippen LogP contribution >= 0.6 is 15.9 Å². The third-order valence-electron chi connectivity index (χ3n) is 3.15. The lowest BCUT2D eigenvalue weighted by atomic mass is 10.1. The lowest BCUT2D eigenvalue weighted by molar-refractivity contribution is -0.131. The number of nitrogens with one attached hydrogen (secondary N) is 1. The monoisotopic (exact) mass is 360 g/mol. The van der Waals surface area contributed by atoms with Gasteiger partial charge < -0.3 is 4.74 Å². The summed E-state index contributed by atoms with van der Waals surface area (Å²) in [5, 5.41) is 4.15. The minimum absolute atomic E-state index is 0.303.